The van der Waals surface area contributed by atoms with Gasteiger partial charge in [0.15, 0.2) is 0 Å². The molecule has 0 radical (unpaired) electrons. The van der Waals surface area contributed by atoms with E-state index in [1.165, 1.54) is 5.56 Å². The van der Waals surface area contributed by atoms with E-state index in [4.69, 9.17) is 4.74 Å². The number of esters is 1. The minimum absolute atomic E-state index is 0.0151. The molecule has 0 saturated carbocycles. The lowest BCUT2D eigenvalue weighted by Gasteiger charge is -2.23. The molecule has 2 rings (SSSR count). The van der Waals surface area contributed by atoms with Crippen molar-refractivity contribution in [3.63, 3.8) is 0 Å². The van der Waals surface area contributed by atoms with Crippen molar-refractivity contribution in [1.82, 2.24) is 5.32 Å². The van der Waals surface area contributed by atoms with Crippen LogP contribution in [0.2, 0.25) is 0 Å². The van der Waals surface area contributed by atoms with Crippen LogP contribution < -0.4 is 5.32 Å². The molecule has 14 heavy (non-hydrogen) atoms. The molecule has 1 aromatic rings. The monoisotopic (exact) mass is 191 g/mol. The van der Waals surface area contributed by atoms with E-state index < -0.39 is 0 Å². The van der Waals surface area contributed by atoms with Crippen LogP contribution in [0.1, 0.15) is 5.56 Å². The molecular weight excluding hydrogens is 178 g/mol. The molecule has 1 aliphatic rings. The molecule has 0 aromatic heterocycles. The van der Waals surface area contributed by atoms with Crippen LogP contribution in [0.15, 0.2) is 30.3 Å². The number of carbonyl (C=O) groups is 1. The standard InChI is InChI=1S/C11H13NO2/c13-11-8-12-7-10(14-11)6-9-4-2-1-3-5-9/h1-5,10,12H,6-8H2. The summed E-state index contributed by atoms with van der Waals surface area (Å²) in [7, 11) is 0. The molecule has 3 nitrogen and oxygen atoms in total. The molecule has 1 fully saturated rings. The van der Waals surface area contributed by atoms with Crippen LogP contribution in [0.3, 0.4) is 0 Å². The van der Waals surface area contributed by atoms with Gasteiger partial charge in [0, 0.05) is 13.0 Å². The molecule has 1 saturated heterocycles. The van der Waals surface area contributed by atoms with E-state index in [0.29, 0.717) is 6.54 Å². The fraction of sp³-hybridized carbons (Fsp3) is 0.364. The molecule has 1 atom stereocenters. The van der Waals surface area contributed by atoms with Crippen LogP contribution in [-0.2, 0) is 16.0 Å². The summed E-state index contributed by atoms with van der Waals surface area (Å²) in [5.74, 6) is -0.155. The highest BCUT2D eigenvalue weighted by molar-refractivity contribution is 5.72. The number of benzene rings is 1. The fourth-order valence-corrected chi connectivity index (χ4v) is 1.60. The van der Waals surface area contributed by atoms with Crippen LogP contribution in [0.25, 0.3) is 0 Å². The Kier molecular flexibility index (Phi) is 2.79. The Bertz CT molecular complexity index is 310. The van der Waals surface area contributed by atoms with Crippen molar-refractivity contribution in [1.29, 1.82) is 0 Å². The predicted molar refractivity (Wildman–Crippen MR) is 52.9 cm³/mol. The Hall–Kier alpha value is -1.35. The van der Waals surface area contributed by atoms with Gasteiger partial charge in [-0.1, -0.05) is 30.3 Å². The van der Waals surface area contributed by atoms with Crippen molar-refractivity contribution in [3.8, 4) is 0 Å². The highest BCUT2D eigenvalue weighted by Crippen LogP contribution is 2.07. The maximum atomic E-state index is 11.0. The van der Waals surface area contributed by atoms with Gasteiger partial charge >= 0.3 is 5.97 Å². The molecule has 0 spiro atoms. The lowest BCUT2D eigenvalue weighted by Crippen LogP contribution is -2.42. The summed E-state index contributed by atoms with van der Waals surface area (Å²) in [5.41, 5.74) is 1.20. The van der Waals surface area contributed by atoms with Gasteiger partial charge in [0.1, 0.15) is 6.10 Å². The van der Waals surface area contributed by atoms with E-state index >= 15 is 0 Å². The van der Waals surface area contributed by atoms with Crippen LogP contribution in [0.5, 0.6) is 0 Å². The molecule has 1 aromatic carbocycles. The van der Waals surface area contributed by atoms with Crippen molar-refractivity contribution in [3.05, 3.63) is 35.9 Å². The Morgan fingerprint density at radius 1 is 1.36 bits per heavy atom. The first kappa shape index (κ1) is 9.21. The quantitative estimate of drug-likeness (QED) is 0.701. The number of morpholine rings is 1. The lowest BCUT2D eigenvalue weighted by molar-refractivity contribution is -0.151. The Morgan fingerprint density at radius 2 is 2.14 bits per heavy atom. The molecule has 1 N–H and O–H groups in total. The lowest BCUT2D eigenvalue weighted by atomic mass is 10.1. The molecule has 0 amide bonds. The second-order valence-corrected chi connectivity index (χ2v) is 3.43. The normalized spacial score (nSPS) is 21.7. The predicted octanol–water partition coefficient (Wildman–Crippen LogP) is 0.744. The number of hydrogen-bond donors (Lipinski definition) is 1. The third-order valence-corrected chi connectivity index (χ3v) is 2.25. The zero-order valence-corrected chi connectivity index (χ0v) is 7.90. The van der Waals surface area contributed by atoms with Gasteiger partial charge in [-0.25, -0.2) is 0 Å². The van der Waals surface area contributed by atoms with Crippen molar-refractivity contribution < 1.29 is 9.53 Å². The third kappa shape index (κ3) is 2.33. The number of nitrogens with one attached hydrogen (secondary N) is 1. The summed E-state index contributed by atoms with van der Waals surface area (Å²) in [4.78, 5) is 11.0. The largest absolute Gasteiger partial charge is 0.460 e. The molecule has 1 heterocycles. The second-order valence-electron chi connectivity index (χ2n) is 3.43. The highest BCUT2D eigenvalue weighted by atomic mass is 16.5. The maximum Gasteiger partial charge on any atom is 0.320 e. The molecule has 0 bridgehead atoms. The van der Waals surface area contributed by atoms with Gasteiger partial charge in [-0.15, -0.1) is 0 Å². The summed E-state index contributed by atoms with van der Waals surface area (Å²) >= 11 is 0. The van der Waals surface area contributed by atoms with E-state index in [1.54, 1.807) is 0 Å². The first-order chi connectivity index (χ1) is 6.84. The van der Waals surface area contributed by atoms with Crippen LogP contribution in [-0.4, -0.2) is 25.2 Å². The van der Waals surface area contributed by atoms with Crippen LogP contribution in [0, 0.1) is 0 Å². The summed E-state index contributed by atoms with van der Waals surface area (Å²) in [6.07, 6.45) is 0.776. The van der Waals surface area contributed by atoms with Gasteiger partial charge in [0.2, 0.25) is 0 Å². The van der Waals surface area contributed by atoms with Gasteiger partial charge in [0.05, 0.1) is 6.54 Å². The van der Waals surface area contributed by atoms with Crippen molar-refractivity contribution in [2.45, 2.75) is 12.5 Å². The molecule has 3 heteroatoms. The van der Waals surface area contributed by atoms with E-state index in [2.05, 4.69) is 5.32 Å². The fourth-order valence-electron chi connectivity index (χ4n) is 1.60. The third-order valence-electron chi connectivity index (χ3n) is 2.25. The van der Waals surface area contributed by atoms with Gasteiger partial charge in [-0.3, -0.25) is 4.79 Å². The van der Waals surface area contributed by atoms with E-state index in [9.17, 15) is 4.79 Å². The number of carbonyl (C=O) groups excluding carboxylic acids is 1. The molecule has 1 unspecified atom stereocenters. The zero-order valence-electron chi connectivity index (χ0n) is 7.90. The van der Waals surface area contributed by atoms with Gasteiger partial charge < -0.3 is 10.1 Å². The summed E-state index contributed by atoms with van der Waals surface area (Å²) in [6.45, 7) is 1.09. The minimum atomic E-state index is -0.155. The smallest absolute Gasteiger partial charge is 0.320 e. The first-order valence-electron chi connectivity index (χ1n) is 4.79. The first-order valence-corrected chi connectivity index (χ1v) is 4.79. The van der Waals surface area contributed by atoms with Gasteiger partial charge in [-0.05, 0) is 5.56 Å². The average molecular weight is 191 g/mol. The number of rotatable bonds is 2. The summed E-state index contributed by atoms with van der Waals surface area (Å²) < 4.78 is 5.19. The minimum Gasteiger partial charge on any atom is -0.460 e. The van der Waals surface area contributed by atoms with Gasteiger partial charge in [0.25, 0.3) is 0 Å². The maximum absolute atomic E-state index is 11.0. The van der Waals surface area contributed by atoms with Crippen LogP contribution >= 0.6 is 0 Å². The van der Waals surface area contributed by atoms with E-state index in [-0.39, 0.29) is 12.1 Å². The van der Waals surface area contributed by atoms with E-state index in [1.807, 2.05) is 30.3 Å². The number of hydrogen-bond acceptors (Lipinski definition) is 3. The summed E-state index contributed by atoms with van der Waals surface area (Å²) in [5, 5.41) is 3.03. The van der Waals surface area contributed by atoms with Crippen molar-refractivity contribution in [2.75, 3.05) is 13.1 Å². The van der Waals surface area contributed by atoms with Gasteiger partial charge in [-0.2, -0.15) is 0 Å². The SMILES string of the molecule is O=C1CNCC(Cc2ccccc2)O1. The van der Waals surface area contributed by atoms with Crippen LogP contribution in [0.4, 0.5) is 0 Å². The number of cyclic esters (lactones) is 1. The summed E-state index contributed by atoms with van der Waals surface area (Å²) in [6, 6.07) is 10.1. The molecule has 74 valence electrons. The molecule has 1 aliphatic heterocycles. The topological polar surface area (TPSA) is 38.3 Å². The number of ether oxygens (including phenoxy) is 1. The highest BCUT2D eigenvalue weighted by Gasteiger charge is 2.19. The molecule has 0 aliphatic carbocycles. The van der Waals surface area contributed by atoms with E-state index in [0.717, 1.165) is 13.0 Å². The van der Waals surface area contributed by atoms with Crippen molar-refractivity contribution in [2.24, 2.45) is 0 Å². The second kappa shape index (κ2) is 4.24. The Labute approximate surface area is 83.1 Å². The Morgan fingerprint density at radius 3 is 2.86 bits per heavy atom. The van der Waals surface area contributed by atoms with Crippen molar-refractivity contribution >= 4 is 5.97 Å². The Balaban J connectivity index is 1.94. The average Bonchev–Trinajstić information content (AvgIpc) is 2.19. The zero-order chi connectivity index (χ0) is 9.80. The molecular formula is C11H13NO2.